The number of ketones is 1. The number of amides is 1. The highest BCUT2D eigenvalue weighted by atomic mass is 19.2. The Labute approximate surface area is 238 Å². The van der Waals surface area contributed by atoms with Crippen molar-refractivity contribution in [3.63, 3.8) is 0 Å². The Balaban J connectivity index is 1.78. The molecule has 0 bridgehead atoms. The van der Waals surface area contributed by atoms with Crippen LogP contribution in [0.25, 0.3) is 0 Å². The van der Waals surface area contributed by atoms with Crippen LogP contribution in [0.2, 0.25) is 0 Å². The van der Waals surface area contributed by atoms with Crippen LogP contribution in [0.1, 0.15) is 49.6 Å². The maximum atomic E-state index is 13.9. The zero-order chi connectivity index (χ0) is 31.4. The van der Waals surface area contributed by atoms with Gasteiger partial charge < -0.3 is 15.2 Å². The van der Waals surface area contributed by atoms with E-state index in [1.807, 2.05) is 45.0 Å². The van der Waals surface area contributed by atoms with Gasteiger partial charge in [0.15, 0.2) is 23.2 Å². The molecule has 0 saturated carbocycles. The molecule has 0 spiro atoms. The Hall–Kier alpha value is -4.55. The minimum Gasteiger partial charge on any atom is -0.481 e. The summed E-state index contributed by atoms with van der Waals surface area (Å²) in [4.78, 5) is 49.9. The molecular formula is C29H29F4N3O6. The molecule has 1 amide bonds. The summed E-state index contributed by atoms with van der Waals surface area (Å²) >= 11 is 0. The Morgan fingerprint density at radius 1 is 1.02 bits per heavy atom. The lowest BCUT2D eigenvalue weighted by molar-refractivity contribution is -0.140. The molecule has 1 unspecified atom stereocenters. The van der Waals surface area contributed by atoms with Crippen LogP contribution in [0.4, 0.5) is 17.6 Å². The predicted octanol–water partition coefficient (Wildman–Crippen LogP) is 3.60. The third-order valence-electron chi connectivity index (χ3n) is 6.20. The largest absolute Gasteiger partial charge is 0.481 e. The first-order valence-electron chi connectivity index (χ1n) is 12.7. The number of hydrogen-bond donors (Lipinski definition) is 2. The molecule has 1 aromatic heterocycles. The summed E-state index contributed by atoms with van der Waals surface area (Å²) < 4.78 is 60.0. The molecule has 2 N–H and O–H groups in total. The lowest BCUT2D eigenvalue weighted by Gasteiger charge is -2.23. The van der Waals surface area contributed by atoms with Crippen LogP contribution in [0.3, 0.4) is 0 Å². The molecule has 0 saturated heterocycles. The van der Waals surface area contributed by atoms with Crippen LogP contribution < -0.4 is 15.6 Å². The standard InChI is InChI=1S/C29H29F4N3O6/c1-15-9-17(10-16-7-5-6-8-18(16)29(2,3)4)28(41)36(35-15)13-23(38)34-21(12-24(39)40)22(37)14-42-27-25(32)19(30)11-20(31)26(27)33/h5-9,11,21H,10,12-14H2,1-4H3,(H,34,38)(H,39,40). The number of carbonyl (C=O) groups excluding carboxylic acids is 2. The maximum absolute atomic E-state index is 13.9. The van der Waals surface area contributed by atoms with Crippen molar-refractivity contribution < 1.29 is 41.8 Å². The van der Waals surface area contributed by atoms with Crippen LogP contribution in [0.5, 0.6) is 5.75 Å². The van der Waals surface area contributed by atoms with E-state index in [1.54, 1.807) is 13.0 Å². The second kappa shape index (κ2) is 13.0. The highest BCUT2D eigenvalue weighted by Gasteiger charge is 2.27. The van der Waals surface area contributed by atoms with Gasteiger partial charge in [-0.15, -0.1) is 0 Å². The number of Topliss-reactive ketones (excluding diaryl/α,β-unsaturated/α-hetero) is 1. The van der Waals surface area contributed by atoms with Gasteiger partial charge in [0, 0.05) is 18.1 Å². The van der Waals surface area contributed by atoms with Gasteiger partial charge in [0.25, 0.3) is 5.56 Å². The van der Waals surface area contributed by atoms with Gasteiger partial charge in [-0.2, -0.15) is 13.9 Å². The quantitative estimate of drug-likeness (QED) is 0.258. The first kappa shape index (κ1) is 32.0. The molecule has 3 aromatic rings. The van der Waals surface area contributed by atoms with Crippen molar-refractivity contribution in [2.75, 3.05) is 6.61 Å². The van der Waals surface area contributed by atoms with Crippen molar-refractivity contribution in [3.8, 4) is 5.75 Å². The number of nitrogens with one attached hydrogen (secondary N) is 1. The van der Waals surface area contributed by atoms with Crippen molar-refractivity contribution in [2.24, 2.45) is 0 Å². The minimum absolute atomic E-state index is 0.0527. The van der Waals surface area contributed by atoms with Crippen molar-refractivity contribution in [1.82, 2.24) is 15.1 Å². The second-order valence-corrected chi connectivity index (χ2v) is 10.6. The first-order chi connectivity index (χ1) is 19.6. The molecule has 42 heavy (non-hydrogen) atoms. The number of ether oxygens (including phenoxy) is 1. The summed E-state index contributed by atoms with van der Waals surface area (Å²) in [6.45, 7) is 5.82. The van der Waals surface area contributed by atoms with Gasteiger partial charge in [0.1, 0.15) is 19.2 Å². The number of rotatable bonds is 11. The number of carboxylic acids is 1. The summed E-state index contributed by atoms with van der Waals surface area (Å²) in [6.07, 6.45) is -0.704. The maximum Gasteiger partial charge on any atom is 0.305 e. The molecule has 2 aromatic carbocycles. The zero-order valence-corrected chi connectivity index (χ0v) is 23.3. The summed E-state index contributed by atoms with van der Waals surface area (Å²) in [5.74, 6) is -12.5. The van der Waals surface area contributed by atoms with Crippen molar-refractivity contribution >= 4 is 17.7 Å². The Bertz CT molecular complexity index is 1560. The number of carboxylic acid groups (broad SMARTS) is 1. The fraction of sp³-hybridized carbons (Fsp3) is 0.345. The molecular weight excluding hydrogens is 562 g/mol. The fourth-order valence-electron chi connectivity index (χ4n) is 4.31. The third-order valence-corrected chi connectivity index (χ3v) is 6.20. The van der Waals surface area contributed by atoms with Gasteiger partial charge in [-0.1, -0.05) is 45.0 Å². The average molecular weight is 592 g/mol. The van der Waals surface area contributed by atoms with Gasteiger partial charge in [-0.25, -0.2) is 13.5 Å². The lowest BCUT2D eigenvalue weighted by Crippen LogP contribution is -2.46. The van der Waals surface area contributed by atoms with Crippen LogP contribution >= 0.6 is 0 Å². The first-order valence-corrected chi connectivity index (χ1v) is 12.7. The summed E-state index contributed by atoms with van der Waals surface area (Å²) in [5, 5.41) is 15.4. The zero-order valence-electron chi connectivity index (χ0n) is 23.3. The van der Waals surface area contributed by atoms with E-state index in [9.17, 15) is 41.8 Å². The van der Waals surface area contributed by atoms with E-state index in [4.69, 9.17) is 0 Å². The van der Waals surface area contributed by atoms with Crippen LogP contribution in [-0.4, -0.2) is 45.2 Å². The minimum atomic E-state index is -1.90. The van der Waals surface area contributed by atoms with Gasteiger partial charge >= 0.3 is 5.97 Å². The van der Waals surface area contributed by atoms with E-state index < -0.39 is 77.9 Å². The van der Waals surface area contributed by atoms with Gasteiger partial charge in [-0.3, -0.25) is 19.2 Å². The van der Waals surface area contributed by atoms with E-state index >= 15 is 0 Å². The predicted molar refractivity (Wildman–Crippen MR) is 142 cm³/mol. The van der Waals surface area contributed by atoms with E-state index in [0.717, 1.165) is 15.8 Å². The number of aromatic nitrogens is 2. The number of nitrogens with zero attached hydrogens (tertiary/aromatic N) is 2. The molecule has 1 atom stereocenters. The molecule has 0 radical (unpaired) electrons. The molecule has 9 nitrogen and oxygen atoms in total. The Kier molecular flexibility index (Phi) is 9.87. The monoisotopic (exact) mass is 591 g/mol. The average Bonchev–Trinajstić information content (AvgIpc) is 2.89. The molecule has 0 aliphatic rings. The number of benzene rings is 2. The summed E-state index contributed by atoms with van der Waals surface area (Å²) in [7, 11) is 0. The van der Waals surface area contributed by atoms with Crippen molar-refractivity contribution in [2.45, 2.75) is 58.5 Å². The molecule has 0 aliphatic carbocycles. The lowest BCUT2D eigenvalue weighted by atomic mass is 9.82. The molecule has 13 heteroatoms. The van der Waals surface area contributed by atoms with Crippen LogP contribution in [-0.2, 0) is 32.8 Å². The number of aliphatic carboxylic acids is 1. The van der Waals surface area contributed by atoms with E-state index in [-0.39, 0.29) is 17.9 Å². The normalized spacial score (nSPS) is 12.1. The summed E-state index contributed by atoms with van der Waals surface area (Å²) in [6, 6.07) is 7.38. The Morgan fingerprint density at radius 3 is 2.24 bits per heavy atom. The SMILES string of the molecule is Cc1cc(Cc2ccccc2C(C)(C)C)c(=O)n(CC(=O)NC(CC(=O)O)C(=O)COc2c(F)c(F)cc(F)c2F)n1. The number of hydrogen-bond acceptors (Lipinski definition) is 6. The molecule has 3 rings (SSSR count). The number of carbonyl (C=O) groups is 3. The van der Waals surface area contributed by atoms with Gasteiger partial charge in [-0.05, 0) is 29.5 Å². The van der Waals surface area contributed by atoms with E-state index in [0.29, 0.717) is 11.3 Å². The van der Waals surface area contributed by atoms with Crippen molar-refractivity contribution in [3.05, 3.63) is 92.4 Å². The van der Waals surface area contributed by atoms with Crippen molar-refractivity contribution in [1.29, 1.82) is 0 Å². The molecule has 1 heterocycles. The highest BCUT2D eigenvalue weighted by molar-refractivity contribution is 5.92. The smallest absolute Gasteiger partial charge is 0.305 e. The van der Waals surface area contributed by atoms with E-state index in [1.165, 1.54) is 0 Å². The van der Waals surface area contributed by atoms with Gasteiger partial charge in [0.05, 0.1) is 12.1 Å². The molecule has 224 valence electrons. The van der Waals surface area contributed by atoms with Crippen LogP contribution in [0.15, 0.2) is 41.2 Å². The fourth-order valence-corrected chi connectivity index (χ4v) is 4.31. The highest BCUT2D eigenvalue weighted by Crippen LogP contribution is 2.28. The number of halogens is 4. The van der Waals surface area contributed by atoms with Gasteiger partial charge in [0.2, 0.25) is 17.5 Å². The number of aryl methyl sites for hydroxylation is 1. The summed E-state index contributed by atoms with van der Waals surface area (Å²) in [5.41, 5.74) is 1.92. The topological polar surface area (TPSA) is 128 Å². The molecule has 0 aliphatic heterocycles. The third kappa shape index (κ3) is 7.80. The second-order valence-electron chi connectivity index (χ2n) is 10.6. The molecule has 0 fully saturated rings. The van der Waals surface area contributed by atoms with E-state index in [2.05, 4.69) is 15.2 Å². The Morgan fingerprint density at radius 2 is 1.64 bits per heavy atom. The van der Waals surface area contributed by atoms with Crippen LogP contribution in [0, 0.1) is 30.2 Å².